The first-order chi connectivity index (χ1) is 7.73. The van der Waals surface area contributed by atoms with Crippen LogP contribution in [0.25, 0.3) is 0 Å². The minimum absolute atomic E-state index is 0.0814. The Morgan fingerprint density at radius 1 is 1.35 bits per heavy atom. The van der Waals surface area contributed by atoms with Gasteiger partial charge in [0.25, 0.3) is 0 Å². The van der Waals surface area contributed by atoms with Crippen molar-refractivity contribution in [2.24, 2.45) is 5.41 Å². The van der Waals surface area contributed by atoms with Crippen LogP contribution < -0.4 is 5.32 Å². The minimum Gasteiger partial charge on any atom is -0.478 e. The fourth-order valence-electron chi connectivity index (χ4n) is 1.47. The second kappa shape index (κ2) is 4.78. The van der Waals surface area contributed by atoms with Gasteiger partial charge in [-0.1, -0.05) is 32.9 Å². The molecule has 0 saturated carbocycles. The molecular weight excluding hydrogens is 214 g/mol. The van der Waals surface area contributed by atoms with Crippen molar-refractivity contribution >= 4 is 11.7 Å². The summed E-state index contributed by atoms with van der Waals surface area (Å²) in [5, 5.41) is 12.5. The summed E-state index contributed by atoms with van der Waals surface area (Å²) >= 11 is 0. The van der Waals surface area contributed by atoms with Gasteiger partial charge in [-0.15, -0.1) is 0 Å². The lowest BCUT2D eigenvalue weighted by Gasteiger charge is -2.30. The van der Waals surface area contributed by atoms with E-state index < -0.39 is 5.97 Å². The van der Waals surface area contributed by atoms with Gasteiger partial charge in [-0.3, -0.25) is 0 Å². The number of benzene rings is 1. The van der Waals surface area contributed by atoms with Crippen LogP contribution in [0.15, 0.2) is 18.2 Å². The molecule has 1 aromatic carbocycles. The Morgan fingerprint density at radius 3 is 2.41 bits per heavy atom. The van der Waals surface area contributed by atoms with Gasteiger partial charge < -0.3 is 10.4 Å². The molecule has 0 amide bonds. The van der Waals surface area contributed by atoms with E-state index in [2.05, 4.69) is 33.0 Å². The first-order valence-electron chi connectivity index (χ1n) is 5.83. The molecular formula is C14H21NO2. The number of aryl methyl sites for hydroxylation is 1. The number of hydrogen-bond acceptors (Lipinski definition) is 2. The summed E-state index contributed by atoms with van der Waals surface area (Å²) in [6, 6.07) is 5.52. The molecule has 17 heavy (non-hydrogen) atoms. The van der Waals surface area contributed by atoms with E-state index in [1.54, 1.807) is 12.1 Å². The zero-order valence-corrected chi connectivity index (χ0v) is 11.2. The number of nitrogens with one attached hydrogen (secondary N) is 1. The second-order valence-corrected chi connectivity index (χ2v) is 5.53. The van der Waals surface area contributed by atoms with Crippen molar-refractivity contribution in [2.45, 2.75) is 40.7 Å². The lowest BCUT2D eigenvalue weighted by atomic mass is 9.87. The third-order valence-corrected chi connectivity index (χ3v) is 3.16. The molecule has 0 aromatic heterocycles. The second-order valence-electron chi connectivity index (χ2n) is 5.53. The maximum Gasteiger partial charge on any atom is 0.337 e. The Balaban J connectivity index is 3.09. The molecule has 1 aromatic rings. The van der Waals surface area contributed by atoms with Gasteiger partial charge in [-0.25, -0.2) is 4.79 Å². The molecule has 0 fully saturated rings. The highest BCUT2D eigenvalue weighted by molar-refractivity contribution is 5.95. The zero-order valence-electron chi connectivity index (χ0n) is 11.2. The average Bonchev–Trinajstić information content (AvgIpc) is 2.18. The molecule has 0 aliphatic heterocycles. The number of aromatic carboxylic acids is 1. The lowest BCUT2D eigenvalue weighted by Crippen LogP contribution is -2.31. The monoisotopic (exact) mass is 235 g/mol. The van der Waals surface area contributed by atoms with Gasteiger partial charge in [-0.2, -0.15) is 0 Å². The molecule has 0 radical (unpaired) electrons. The van der Waals surface area contributed by atoms with Crippen LogP contribution in [0.5, 0.6) is 0 Å². The van der Waals surface area contributed by atoms with Gasteiger partial charge in [0.15, 0.2) is 0 Å². The van der Waals surface area contributed by atoms with Crippen molar-refractivity contribution in [3.05, 3.63) is 29.3 Å². The van der Waals surface area contributed by atoms with Gasteiger partial charge in [-0.05, 0) is 30.9 Å². The van der Waals surface area contributed by atoms with E-state index in [4.69, 9.17) is 5.11 Å². The Labute approximate surface area is 103 Å². The van der Waals surface area contributed by atoms with E-state index in [1.807, 2.05) is 13.0 Å². The summed E-state index contributed by atoms with van der Waals surface area (Å²) in [6.45, 7) is 10.4. The van der Waals surface area contributed by atoms with Crippen LogP contribution in [0.4, 0.5) is 5.69 Å². The Kier molecular flexibility index (Phi) is 3.81. The number of carboxylic acid groups (broad SMARTS) is 1. The standard InChI is InChI=1S/C14H21NO2/c1-9-7-6-8-11(13(16)17)12(9)15-10(2)14(3,4)5/h6-8,10,15H,1-5H3,(H,16,17). The van der Waals surface area contributed by atoms with Crippen LogP contribution in [0.1, 0.15) is 43.6 Å². The largest absolute Gasteiger partial charge is 0.478 e. The summed E-state index contributed by atoms with van der Waals surface area (Å²) in [7, 11) is 0. The smallest absolute Gasteiger partial charge is 0.337 e. The number of hydrogen-bond donors (Lipinski definition) is 2. The van der Waals surface area contributed by atoms with Gasteiger partial charge in [0.05, 0.1) is 11.3 Å². The molecule has 1 atom stereocenters. The summed E-state index contributed by atoms with van der Waals surface area (Å²) in [5.74, 6) is -0.891. The van der Waals surface area contributed by atoms with E-state index >= 15 is 0 Å². The molecule has 0 saturated heterocycles. The van der Waals surface area contributed by atoms with Crippen LogP contribution in [0.3, 0.4) is 0 Å². The van der Waals surface area contributed by atoms with Crippen molar-refractivity contribution in [1.82, 2.24) is 0 Å². The van der Waals surface area contributed by atoms with Crippen molar-refractivity contribution in [1.29, 1.82) is 0 Å². The minimum atomic E-state index is -0.891. The lowest BCUT2D eigenvalue weighted by molar-refractivity contribution is 0.0697. The van der Waals surface area contributed by atoms with E-state index in [-0.39, 0.29) is 11.5 Å². The Bertz CT molecular complexity index is 419. The summed E-state index contributed by atoms with van der Waals surface area (Å²) in [6.07, 6.45) is 0. The van der Waals surface area contributed by atoms with Crippen molar-refractivity contribution in [2.75, 3.05) is 5.32 Å². The average molecular weight is 235 g/mol. The SMILES string of the molecule is Cc1cccc(C(=O)O)c1NC(C)C(C)(C)C. The Morgan fingerprint density at radius 2 is 1.94 bits per heavy atom. The predicted octanol–water partition coefficient (Wildman–Crippen LogP) is 3.54. The third kappa shape index (κ3) is 3.22. The van der Waals surface area contributed by atoms with Crippen LogP contribution in [0.2, 0.25) is 0 Å². The molecule has 3 heteroatoms. The van der Waals surface area contributed by atoms with Crippen molar-refractivity contribution in [3.8, 4) is 0 Å². The first-order valence-corrected chi connectivity index (χ1v) is 5.83. The summed E-state index contributed by atoms with van der Waals surface area (Å²) in [5.41, 5.74) is 2.10. The highest BCUT2D eigenvalue weighted by atomic mass is 16.4. The predicted molar refractivity (Wildman–Crippen MR) is 70.7 cm³/mol. The van der Waals surface area contributed by atoms with Crippen LogP contribution in [0, 0.1) is 12.3 Å². The molecule has 1 unspecified atom stereocenters. The molecule has 0 aliphatic rings. The molecule has 0 heterocycles. The molecule has 94 valence electrons. The van der Waals surface area contributed by atoms with Gasteiger partial charge in [0.2, 0.25) is 0 Å². The van der Waals surface area contributed by atoms with Gasteiger partial charge >= 0.3 is 5.97 Å². The fourth-order valence-corrected chi connectivity index (χ4v) is 1.47. The van der Waals surface area contributed by atoms with E-state index in [0.717, 1.165) is 11.3 Å². The number of carbonyl (C=O) groups is 1. The zero-order chi connectivity index (χ0) is 13.2. The topological polar surface area (TPSA) is 49.3 Å². The fraction of sp³-hybridized carbons (Fsp3) is 0.500. The highest BCUT2D eigenvalue weighted by Gasteiger charge is 2.22. The number of rotatable bonds is 3. The Hall–Kier alpha value is -1.51. The molecule has 3 nitrogen and oxygen atoms in total. The maximum atomic E-state index is 11.2. The molecule has 1 rings (SSSR count). The molecule has 0 spiro atoms. The third-order valence-electron chi connectivity index (χ3n) is 3.16. The normalized spacial score (nSPS) is 13.2. The van der Waals surface area contributed by atoms with Gasteiger partial charge in [0.1, 0.15) is 0 Å². The first kappa shape index (κ1) is 13.6. The van der Waals surface area contributed by atoms with Crippen molar-refractivity contribution < 1.29 is 9.90 Å². The maximum absolute atomic E-state index is 11.2. The number of para-hydroxylation sites is 1. The quantitative estimate of drug-likeness (QED) is 0.842. The van der Waals surface area contributed by atoms with E-state index in [9.17, 15) is 4.79 Å². The van der Waals surface area contributed by atoms with Gasteiger partial charge in [0, 0.05) is 6.04 Å². The van der Waals surface area contributed by atoms with Crippen LogP contribution in [-0.2, 0) is 0 Å². The molecule has 2 N–H and O–H groups in total. The van der Waals surface area contributed by atoms with E-state index in [0.29, 0.717) is 5.56 Å². The summed E-state index contributed by atoms with van der Waals surface area (Å²) in [4.78, 5) is 11.2. The van der Waals surface area contributed by atoms with E-state index in [1.165, 1.54) is 0 Å². The number of anilines is 1. The number of carboxylic acids is 1. The summed E-state index contributed by atoms with van der Waals surface area (Å²) < 4.78 is 0. The van der Waals surface area contributed by atoms with Crippen molar-refractivity contribution in [3.63, 3.8) is 0 Å². The van der Waals surface area contributed by atoms with Crippen LogP contribution in [-0.4, -0.2) is 17.1 Å². The van der Waals surface area contributed by atoms with Crippen LogP contribution >= 0.6 is 0 Å². The molecule has 0 bridgehead atoms. The molecule has 0 aliphatic carbocycles. The highest BCUT2D eigenvalue weighted by Crippen LogP contribution is 2.27.